The van der Waals surface area contributed by atoms with Gasteiger partial charge in [-0.15, -0.1) is 0 Å². The lowest BCUT2D eigenvalue weighted by Crippen LogP contribution is -2.36. The monoisotopic (exact) mass is 318 g/mol. The van der Waals surface area contributed by atoms with Gasteiger partial charge in [0, 0.05) is 25.9 Å². The van der Waals surface area contributed by atoms with Crippen molar-refractivity contribution in [3.63, 3.8) is 0 Å². The fourth-order valence-corrected chi connectivity index (χ4v) is 2.20. The Morgan fingerprint density at radius 2 is 1.65 bits per heavy atom. The van der Waals surface area contributed by atoms with Crippen LogP contribution in [0.25, 0.3) is 0 Å². The minimum atomic E-state index is -0.921. The highest BCUT2D eigenvalue weighted by Crippen LogP contribution is 2.34. The van der Waals surface area contributed by atoms with Crippen LogP contribution in [0.1, 0.15) is 41.5 Å². The first kappa shape index (κ1) is 20.9. The van der Waals surface area contributed by atoms with E-state index in [2.05, 4.69) is 0 Å². The number of carboxylic acids is 1. The van der Waals surface area contributed by atoms with Gasteiger partial charge in [0.2, 0.25) is 0 Å². The van der Waals surface area contributed by atoms with E-state index in [0.29, 0.717) is 5.57 Å². The van der Waals surface area contributed by atoms with Gasteiger partial charge in [-0.25, -0.2) is 9.80 Å². The molecule has 0 aromatic rings. The summed E-state index contributed by atoms with van der Waals surface area (Å²) < 4.78 is 0. The Bertz CT molecular complexity index is 572. The van der Waals surface area contributed by atoms with Crippen LogP contribution in [0.2, 0.25) is 0 Å². The van der Waals surface area contributed by atoms with Crippen molar-refractivity contribution in [3.05, 3.63) is 58.5 Å². The van der Waals surface area contributed by atoms with Crippen molar-refractivity contribution in [2.75, 3.05) is 14.1 Å². The first-order chi connectivity index (χ1) is 10.8. The summed E-state index contributed by atoms with van der Waals surface area (Å²) in [5, 5.41) is 13.2. The molecule has 0 atom stereocenters. The van der Waals surface area contributed by atoms with Gasteiger partial charge in [0.05, 0.1) is 11.3 Å². The van der Waals surface area contributed by atoms with Gasteiger partial charge in [0.15, 0.2) is 0 Å². The number of carboxylic acid groups (broad SMARTS) is 1. The van der Waals surface area contributed by atoms with E-state index in [-0.39, 0.29) is 0 Å². The van der Waals surface area contributed by atoms with E-state index in [1.165, 1.54) is 5.57 Å². The van der Waals surface area contributed by atoms with Crippen molar-refractivity contribution in [2.24, 2.45) is 0 Å². The zero-order valence-electron chi connectivity index (χ0n) is 15.6. The highest BCUT2D eigenvalue weighted by molar-refractivity contribution is 5.95. The summed E-state index contributed by atoms with van der Waals surface area (Å²) in [4.78, 5) is 11.5. The summed E-state index contributed by atoms with van der Waals surface area (Å²) in [5.41, 5.74) is 4.11. The molecule has 4 nitrogen and oxygen atoms in total. The first-order valence-electron chi connectivity index (χ1n) is 7.94. The average molecular weight is 318 g/mol. The van der Waals surface area contributed by atoms with Crippen molar-refractivity contribution in [3.8, 4) is 0 Å². The number of hydrogen-bond acceptors (Lipinski definition) is 3. The van der Waals surface area contributed by atoms with Crippen LogP contribution in [0, 0.1) is 0 Å². The van der Waals surface area contributed by atoms with Crippen LogP contribution in [0.4, 0.5) is 0 Å². The Morgan fingerprint density at radius 3 is 2.00 bits per heavy atom. The molecule has 0 saturated heterocycles. The maximum atomic E-state index is 11.5. The molecule has 0 aromatic carbocycles. The summed E-state index contributed by atoms with van der Waals surface area (Å²) in [6.45, 7) is 11.8. The summed E-state index contributed by atoms with van der Waals surface area (Å²) in [5.74, 6) is -0.921. The Hall–Kier alpha value is -2.07. The van der Waals surface area contributed by atoms with Crippen LogP contribution in [-0.4, -0.2) is 35.2 Å². The van der Waals surface area contributed by atoms with Gasteiger partial charge >= 0.3 is 5.97 Å². The largest absolute Gasteiger partial charge is 0.478 e. The molecule has 1 rings (SSSR count). The van der Waals surface area contributed by atoms with Crippen molar-refractivity contribution in [2.45, 2.75) is 41.5 Å². The van der Waals surface area contributed by atoms with E-state index in [0.717, 1.165) is 16.8 Å². The average Bonchev–Trinajstić information content (AvgIpc) is 2.52. The lowest BCUT2D eigenvalue weighted by molar-refractivity contribution is -0.132. The maximum Gasteiger partial charge on any atom is 0.337 e. The molecule has 0 amide bonds. The van der Waals surface area contributed by atoms with Gasteiger partial charge < -0.3 is 5.11 Å². The topological polar surface area (TPSA) is 43.8 Å². The molecule has 1 aliphatic heterocycles. The van der Waals surface area contributed by atoms with E-state index < -0.39 is 5.97 Å². The molecule has 0 saturated carbocycles. The quantitative estimate of drug-likeness (QED) is 0.831. The number of hydrazine groups is 1. The highest BCUT2D eigenvalue weighted by atomic mass is 16.4. The number of nitrogens with zero attached hydrogens (tertiary/aromatic N) is 2. The van der Waals surface area contributed by atoms with Gasteiger partial charge in [-0.05, 0) is 39.3 Å². The molecule has 1 N–H and O–H groups in total. The molecule has 0 radical (unpaired) electrons. The van der Waals surface area contributed by atoms with Crippen LogP contribution in [0.15, 0.2) is 58.5 Å². The fourth-order valence-electron chi connectivity index (χ4n) is 2.20. The fraction of sp³-hybridized carbons (Fsp3) is 0.421. The predicted molar refractivity (Wildman–Crippen MR) is 97.6 cm³/mol. The normalized spacial score (nSPS) is 19.6. The van der Waals surface area contributed by atoms with Crippen LogP contribution >= 0.6 is 0 Å². The third-order valence-corrected chi connectivity index (χ3v) is 3.17. The number of carbonyl (C=O) groups is 1. The summed E-state index contributed by atoms with van der Waals surface area (Å²) >= 11 is 0. The van der Waals surface area contributed by atoms with Crippen molar-refractivity contribution >= 4 is 5.97 Å². The SMILES string of the molecule is C/C=C1C(=C\C)/C(C(=O)O)=CN(N(C)C)C/1=C/C=C(C)C.CC. The second-order valence-electron chi connectivity index (χ2n) is 5.24. The minimum absolute atomic E-state index is 0.300. The van der Waals surface area contributed by atoms with E-state index >= 15 is 0 Å². The van der Waals surface area contributed by atoms with Crippen molar-refractivity contribution in [1.29, 1.82) is 0 Å². The standard InChI is InChI=1S/C17H24N2O2.C2H6/c1-7-13-14(8-2)16(10-9-12(3)4)19(18(5)6)11-15(13)17(20)21;1-2/h7-11H,1-6H3,(H,20,21);1-2H3/b13-7+,14-8-,16-10+;. The van der Waals surface area contributed by atoms with Crippen LogP contribution in [0.3, 0.4) is 0 Å². The van der Waals surface area contributed by atoms with Crippen molar-refractivity contribution in [1.82, 2.24) is 10.0 Å². The molecule has 1 aliphatic rings. The molecule has 1 heterocycles. The third kappa shape index (κ3) is 5.25. The molecule has 0 spiro atoms. The lowest BCUT2D eigenvalue weighted by atomic mass is 9.91. The minimum Gasteiger partial charge on any atom is -0.478 e. The van der Waals surface area contributed by atoms with Gasteiger partial charge in [-0.3, -0.25) is 5.01 Å². The molecule has 0 aliphatic carbocycles. The molecule has 0 unspecified atom stereocenters. The number of rotatable bonds is 3. The molecule has 23 heavy (non-hydrogen) atoms. The first-order valence-corrected chi connectivity index (χ1v) is 7.94. The van der Waals surface area contributed by atoms with Gasteiger partial charge in [0.25, 0.3) is 0 Å². The van der Waals surface area contributed by atoms with Gasteiger partial charge in [-0.1, -0.05) is 37.6 Å². The Labute approximate surface area is 140 Å². The molecule has 0 aromatic heterocycles. The number of aliphatic carboxylic acids is 1. The Kier molecular flexibility index (Phi) is 8.96. The lowest BCUT2D eigenvalue weighted by Gasteiger charge is -2.36. The number of allylic oxidation sites excluding steroid dienone is 6. The molecule has 4 heteroatoms. The third-order valence-electron chi connectivity index (χ3n) is 3.17. The van der Waals surface area contributed by atoms with E-state index in [4.69, 9.17) is 0 Å². The zero-order chi connectivity index (χ0) is 18.2. The Balaban J connectivity index is 0.00000232. The Morgan fingerprint density at radius 1 is 1.13 bits per heavy atom. The van der Waals surface area contributed by atoms with Crippen LogP contribution < -0.4 is 0 Å². The van der Waals surface area contributed by atoms with E-state index in [1.807, 2.05) is 90.0 Å². The molecular formula is C19H30N2O2. The highest BCUT2D eigenvalue weighted by Gasteiger charge is 2.28. The predicted octanol–water partition coefficient (Wildman–Crippen LogP) is 4.52. The second kappa shape index (κ2) is 9.85. The zero-order valence-corrected chi connectivity index (χ0v) is 15.6. The van der Waals surface area contributed by atoms with Crippen LogP contribution in [-0.2, 0) is 4.79 Å². The van der Waals surface area contributed by atoms with Gasteiger partial charge in [-0.2, -0.15) is 0 Å². The number of hydrogen-bond donors (Lipinski definition) is 1. The molecule has 128 valence electrons. The molecule has 0 fully saturated rings. The smallest absolute Gasteiger partial charge is 0.337 e. The van der Waals surface area contributed by atoms with E-state index in [9.17, 15) is 9.90 Å². The summed E-state index contributed by atoms with van der Waals surface area (Å²) in [6.07, 6.45) is 9.51. The maximum absolute atomic E-state index is 11.5. The molecule has 0 bridgehead atoms. The van der Waals surface area contributed by atoms with E-state index in [1.54, 1.807) is 6.20 Å². The van der Waals surface area contributed by atoms with Gasteiger partial charge in [0.1, 0.15) is 0 Å². The van der Waals surface area contributed by atoms with Crippen LogP contribution in [0.5, 0.6) is 0 Å². The van der Waals surface area contributed by atoms with Crippen molar-refractivity contribution < 1.29 is 9.90 Å². The second-order valence-corrected chi connectivity index (χ2v) is 5.24. The summed E-state index contributed by atoms with van der Waals surface area (Å²) in [6, 6.07) is 0. The molecular weight excluding hydrogens is 288 g/mol. The summed E-state index contributed by atoms with van der Waals surface area (Å²) in [7, 11) is 3.78.